The first-order valence-electron chi connectivity index (χ1n) is 5.50. The third-order valence-corrected chi connectivity index (χ3v) is 3.09. The molecule has 0 heterocycles. The van der Waals surface area contributed by atoms with Gasteiger partial charge in [0.05, 0.1) is 12.5 Å². The largest absolute Gasteiger partial charge is 0.399 e. The van der Waals surface area contributed by atoms with Gasteiger partial charge >= 0.3 is 0 Å². The Kier molecular flexibility index (Phi) is 4.33. The van der Waals surface area contributed by atoms with Crippen molar-refractivity contribution in [2.45, 2.75) is 32.4 Å². The van der Waals surface area contributed by atoms with E-state index in [4.69, 9.17) is 11.0 Å². The van der Waals surface area contributed by atoms with Crippen LogP contribution in [0.1, 0.15) is 31.9 Å². The van der Waals surface area contributed by atoms with E-state index in [-0.39, 0.29) is 12.1 Å². The lowest BCUT2D eigenvalue weighted by Crippen LogP contribution is -2.31. The Morgan fingerprint density at radius 1 is 1.44 bits per heavy atom. The van der Waals surface area contributed by atoms with E-state index in [1.165, 1.54) is 5.56 Å². The first-order chi connectivity index (χ1) is 7.56. The van der Waals surface area contributed by atoms with Crippen molar-refractivity contribution in [1.29, 1.82) is 5.26 Å². The van der Waals surface area contributed by atoms with Crippen molar-refractivity contribution in [3.05, 3.63) is 29.8 Å². The van der Waals surface area contributed by atoms with Crippen LogP contribution in [-0.2, 0) is 0 Å². The van der Waals surface area contributed by atoms with Gasteiger partial charge in [0.2, 0.25) is 0 Å². The van der Waals surface area contributed by atoms with Crippen LogP contribution in [-0.4, -0.2) is 18.0 Å². The minimum absolute atomic E-state index is 0.251. The lowest BCUT2D eigenvalue weighted by Gasteiger charge is -2.29. The van der Waals surface area contributed by atoms with Gasteiger partial charge in [-0.2, -0.15) is 5.26 Å². The molecule has 0 aliphatic carbocycles. The fourth-order valence-electron chi connectivity index (χ4n) is 1.71. The molecule has 2 N–H and O–H groups in total. The third kappa shape index (κ3) is 2.98. The van der Waals surface area contributed by atoms with Crippen LogP contribution < -0.4 is 5.73 Å². The Balaban J connectivity index is 2.78. The lowest BCUT2D eigenvalue weighted by atomic mass is 10.0. The molecule has 0 aliphatic rings. The summed E-state index contributed by atoms with van der Waals surface area (Å²) in [4.78, 5) is 2.19. The highest BCUT2D eigenvalue weighted by molar-refractivity contribution is 5.41. The quantitative estimate of drug-likeness (QED) is 0.789. The zero-order valence-electron chi connectivity index (χ0n) is 10.1. The number of nitrogen functional groups attached to an aromatic ring is 1. The molecule has 1 aromatic rings. The Labute approximate surface area is 97.5 Å². The van der Waals surface area contributed by atoms with Gasteiger partial charge in [-0.3, -0.25) is 4.90 Å². The molecular formula is C13H19N3. The summed E-state index contributed by atoms with van der Waals surface area (Å²) < 4.78 is 0. The van der Waals surface area contributed by atoms with Gasteiger partial charge < -0.3 is 5.73 Å². The SMILES string of the molecule is CC(CC#N)N(C)C(C)c1cccc(N)c1. The zero-order chi connectivity index (χ0) is 12.1. The summed E-state index contributed by atoms with van der Waals surface area (Å²) in [6.07, 6.45) is 0.545. The number of rotatable bonds is 4. The number of nitriles is 1. The topological polar surface area (TPSA) is 53.0 Å². The monoisotopic (exact) mass is 217 g/mol. The third-order valence-electron chi connectivity index (χ3n) is 3.09. The number of nitrogens with zero attached hydrogens (tertiary/aromatic N) is 2. The van der Waals surface area contributed by atoms with Crippen LogP contribution in [0, 0.1) is 11.3 Å². The van der Waals surface area contributed by atoms with Crippen molar-refractivity contribution in [3.8, 4) is 6.07 Å². The highest BCUT2D eigenvalue weighted by Gasteiger charge is 2.16. The normalized spacial score (nSPS) is 14.4. The van der Waals surface area contributed by atoms with Crippen LogP contribution in [0.5, 0.6) is 0 Å². The molecule has 1 rings (SSSR count). The highest BCUT2D eigenvalue weighted by Crippen LogP contribution is 2.23. The van der Waals surface area contributed by atoms with E-state index >= 15 is 0 Å². The minimum atomic E-state index is 0.251. The van der Waals surface area contributed by atoms with Crippen molar-refractivity contribution in [2.75, 3.05) is 12.8 Å². The predicted octanol–water partition coefficient (Wildman–Crippen LogP) is 2.56. The van der Waals surface area contributed by atoms with Gasteiger partial charge in [-0.25, -0.2) is 0 Å². The molecular weight excluding hydrogens is 198 g/mol. The lowest BCUT2D eigenvalue weighted by molar-refractivity contribution is 0.200. The summed E-state index contributed by atoms with van der Waals surface area (Å²) in [5.74, 6) is 0. The van der Waals surface area contributed by atoms with E-state index in [1.807, 2.05) is 25.2 Å². The molecule has 3 nitrogen and oxygen atoms in total. The Bertz CT molecular complexity index is 381. The van der Waals surface area contributed by atoms with Crippen molar-refractivity contribution in [1.82, 2.24) is 4.90 Å². The minimum Gasteiger partial charge on any atom is -0.399 e. The number of anilines is 1. The number of nitrogens with two attached hydrogens (primary N) is 1. The van der Waals surface area contributed by atoms with Gasteiger partial charge in [0.15, 0.2) is 0 Å². The van der Waals surface area contributed by atoms with Crippen molar-refractivity contribution < 1.29 is 0 Å². The van der Waals surface area contributed by atoms with E-state index < -0.39 is 0 Å². The van der Waals surface area contributed by atoms with Crippen molar-refractivity contribution in [3.63, 3.8) is 0 Å². The molecule has 16 heavy (non-hydrogen) atoms. The Morgan fingerprint density at radius 3 is 2.69 bits per heavy atom. The van der Waals surface area contributed by atoms with Gasteiger partial charge in [0.25, 0.3) is 0 Å². The maximum atomic E-state index is 8.69. The fourth-order valence-corrected chi connectivity index (χ4v) is 1.71. The predicted molar refractivity (Wildman–Crippen MR) is 66.7 cm³/mol. The smallest absolute Gasteiger partial charge is 0.0638 e. The zero-order valence-corrected chi connectivity index (χ0v) is 10.1. The second-order valence-electron chi connectivity index (χ2n) is 4.22. The van der Waals surface area contributed by atoms with Crippen LogP contribution in [0.25, 0.3) is 0 Å². The van der Waals surface area contributed by atoms with Crippen LogP contribution in [0.4, 0.5) is 5.69 Å². The molecule has 1 aromatic carbocycles. The average Bonchev–Trinajstić information content (AvgIpc) is 2.27. The van der Waals surface area contributed by atoms with Crippen LogP contribution in [0.3, 0.4) is 0 Å². The summed E-state index contributed by atoms with van der Waals surface area (Å²) >= 11 is 0. The summed E-state index contributed by atoms with van der Waals surface area (Å²) in [6, 6.07) is 10.6. The Morgan fingerprint density at radius 2 is 2.12 bits per heavy atom. The Hall–Kier alpha value is -1.53. The van der Waals surface area contributed by atoms with Crippen LogP contribution in [0.2, 0.25) is 0 Å². The van der Waals surface area contributed by atoms with Gasteiger partial charge in [0.1, 0.15) is 0 Å². The standard InChI is InChI=1S/C13H19N3/c1-10(7-8-14)16(3)11(2)12-5-4-6-13(15)9-12/h4-6,9-11H,7,15H2,1-3H3. The number of hydrogen-bond donors (Lipinski definition) is 1. The first-order valence-corrected chi connectivity index (χ1v) is 5.50. The maximum Gasteiger partial charge on any atom is 0.0638 e. The van der Waals surface area contributed by atoms with E-state index in [2.05, 4.69) is 30.9 Å². The summed E-state index contributed by atoms with van der Waals surface area (Å²) in [5.41, 5.74) is 7.73. The summed E-state index contributed by atoms with van der Waals surface area (Å²) in [5, 5.41) is 8.69. The van der Waals surface area contributed by atoms with Gasteiger partial charge in [-0.15, -0.1) is 0 Å². The first kappa shape index (κ1) is 12.5. The fraction of sp³-hybridized carbons (Fsp3) is 0.462. The van der Waals surface area contributed by atoms with Crippen LogP contribution >= 0.6 is 0 Å². The van der Waals surface area contributed by atoms with Crippen molar-refractivity contribution in [2.24, 2.45) is 0 Å². The highest BCUT2D eigenvalue weighted by atomic mass is 15.1. The van der Waals surface area contributed by atoms with E-state index in [0.29, 0.717) is 6.42 Å². The molecule has 0 radical (unpaired) electrons. The maximum absolute atomic E-state index is 8.69. The van der Waals surface area contributed by atoms with Crippen molar-refractivity contribution >= 4 is 5.69 Å². The molecule has 0 saturated heterocycles. The average molecular weight is 217 g/mol. The van der Waals surface area contributed by atoms with Gasteiger partial charge in [0, 0.05) is 17.8 Å². The molecule has 2 unspecified atom stereocenters. The molecule has 0 aliphatic heterocycles. The van der Waals surface area contributed by atoms with Crippen LogP contribution in [0.15, 0.2) is 24.3 Å². The summed E-state index contributed by atoms with van der Waals surface area (Å²) in [7, 11) is 2.04. The molecule has 86 valence electrons. The molecule has 2 atom stereocenters. The molecule has 0 fully saturated rings. The molecule has 0 spiro atoms. The molecule has 0 amide bonds. The number of benzene rings is 1. The number of hydrogen-bond acceptors (Lipinski definition) is 3. The van der Waals surface area contributed by atoms with Gasteiger partial charge in [-0.05, 0) is 38.6 Å². The summed E-state index contributed by atoms with van der Waals surface area (Å²) in [6.45, 7) is 4.19. The molecule has 0 aromatic heterocycles. The second-order valence-corrected chi connectivity index (χ2v) is 4.22. The molecule has 0 saturated carbocycles. The van der Waals surface area contributed by atoms with Gasteiger partial charge in [-0.1, -0.05) is 12.1 Å². The van der Waals surface area contributed by atoms with E-state index in [1.54, 1.807) is 0 Å². The van der Waals surface area contributed by atoms with E-state index in [9.17, 15) is 0 Å². The second kappa shape index (κ2) is 5.53. The molecule has 3 heteroatoms. The van der Waals surface area contributed by atoms with E-state index in [0.717, 1.165) is 5.69 Å². The molecule has 0 bridgehead atoms.